The lowest BCUT2D eigenvalue weighted by Crippen LogP contribution is -1.91. The van der Waals surface area contributed by atoms with Crippen LogP contribution in [-0.2, 0) is 4.79 Å². The molecule has 0 aliphatic carbocycles. The molecule has 0 aliphatic rings. The zero-order valence-corrected chi connectivity index (χ0v) is 8.34. The van der Waals surface area contributed by atoms with Crippen LogP contribution in [0.1, 0.15) is 18.5 Å². The fourth-order valence-corrected chi connectivity index (χ4v) is 1.47. The van der Waals surface area contributed by atoms with Crippen LogP contribution in [0.15, 0.2) is 41.5 Å². The van der Waals surface area contributed by atoms with Crippen LogP contribution in [-0.4, -0.2) is 11.1 Å². The molecule has 0 spiro atoms. The van der Waals surface area contributed by atoms with Crippen LogP contribution in [0.25, 0.3) is 10.9 Å². The second-order valence-electron chi connectivity index (χ2n) is 3.36. The molecule has 1 heterocycles. The van der Waals surface area contributed by atoms with Gasteiger partial charge in [-0.15, -0.1) is 0 Å². The predicted molar refractivity (Wildman–Crippen MR) is 58.3 cm³/mol. The Bertz CT molecular complexity index is 530. The van der Waals surface area contributed by atoms with Gasteiger partial charge < -0.3 is 0 Å². The molecule has 74 valence electrons. The minimum absolute atomic E-state index is 0.181. The van der Waals surface area contributed by atoms with E-state index >= 15 is 0 Å². The molecule has 0 saturated heterocycles. The summed E-state index contributed by atoms with van der Waals surface area (Å²) in [4.78, 5) is 18.1. The lowest BCUT2D eigenvalue weighted by Gasteiger charge is -2.04. The van der Waals surface area contributed by atoms with Crippen LogP contribution < -0.4 is 0 Å². The normalized spacial score (nSPS) is 12.1. The van der Waals surface area contributed by atoms with Gasteiger partial charge in [-0.2, -0.15) is 4.99 Å². The van der Waals surface area contributed by atoms with Gasteiger partial charge in [0.1, 0.15) is 0 Å². The highest BCUT2D eigenvalue weighted by Gasteiger charge is 2.04. The summed E-state index contributed by atoms with van der Waals surface area (Å²) < 4.78 is 0. The molecule has 0 amide bonds. The maximum Gasteiger partial charge on any atom is 0.235 e. The van der Waals surface area contributed by atoms with E-state index in [4.69, 9.17) is 0 Å². The molecule has 0 bridgehead atoms. The number of hydrogen-bond acceptors (Lipinski definition) is 3. The smallest absolute Gasteiger partial charge is 0.235 e. The van der Waals surface area contributed by atoms with Crippen molar-refractivity contribution in [3.05, 3.63) is 42.1 Å². The quantitative estimate of drug-likeness (QED) is 0.550. The van der Waals surface area contributed by atoms with E-state index in [-0.39, 0.29) is 6.04 Å². The largest absolute Gasteiger partial charge is 0.256 e. The maximum atomic E-state index is 10.1. The van der Waals surface area contributed by atoms with E-state index in [9.17, 15) is 4.79 Å². The van der Waals surface area contributed by atoms with Crippen LogP contribution in [0.3, 0.4) is 0 Å². The van der Waals surface area contributed by atoms with E-state index < -0.39 is 0 Å². The Labute approximate surface area is 87.5 Å². The summed E-state index contributed by atoms with van der Waals surface area (Å²) in [5.74, 6) is 0. The Kier molecular flexibility index (Phi) is 2.57. The molecule has 0 radical (unpaired) electrons. The van der Waals surface area contributed by atoms with Gasteiger partial charge in [0.15, 0.2) is 0 Å². The van der Waals surface area contributed by atoms with E-state index in [0.717, 1.165) is 16.5 Å². The number of para-hydroxylation sites is 1. The third-order valence-electron chi connectivity index (χ3n) is 2.34. The molecule has 1 aromatic carbocycles. The second-order valence-corrected chi connectivity index (χ2v) is 3.36. The molecule has 3 nitrogen and oxygen atoms in total. The van der Waals surface area contributed by atoms with Gasteiger partial charge in [0.05, 0.1) is 11.6 Å². The molecule has 3 heteroatoms. The van der Waals surface area contributed by atoms with Crippen LogP contribution in [0.2, 0.25) is 0 Å². The molecular weight excluding hydrogens is 188 g/mol. The van der Waals surface area contributed by atoms with Crippen molar-refractivity contribution in [2.24, 2.45) is 4.99 Å². The zero-order chi connectivity index (χ0) is 10.7. The van der Waals surface area contributed by atoms with Crippen LogP contribution in [0, 0.1) is 0 Å². The summed E-state index contributed by atoms with van der Waals surface area (Å²) in [5, 5.41) is 1.06. The number of aromatic nitrogens is 1. The van der Waals surface area contributed by atoms with E-state index in [2.05, 4.69) is 9.98 Å². The lowest BCUT2D eigenvalue weighted by molar-refractivity contribution is 0.559. The van der Waals surface area contributed by atoms with E-state index in [1.54, 1.807) is 12.3 Å². The van der Waals surface area contributed by atoms with Crippen molar-refractivity contribution in [3.8, 4) is 0 Å². The number of carbonyl (C=O) groups excluding carboxylic acids is 1. The standard InChI is InChI=1S/C12H10N2O/c1-9(14-8-15)11-6-10-4-2-3-5-12(10)13-7-11/h2-7,9H,1H3. The molecule has 1 aromatic heterocycles. The summed E-state index contributed by atoms with van der Waals surface area (Å²) >= 11 is 0. The SMILES string of the molecule is CC(N=C=O)c1cnc2ccccc2c1. The Morgan fingerprint density at radius 3 is 3.00 bits per heavy atom. The van der Waals surface area contributed by atoms with E-state index in [0.29, 0.717) is 0 Å². The number of benzene rings is 1. The highest BCUT2D eigenvalue weighted by Crippen LogP contribution is 2.19. The number of nitrogens with zero attached hydrogens (tertiary/aromatic N) is 2. The Balaban J connectivity index is 2.51. The van der Waals surface area contributed by atoms with Crippen molar-refractivity contribution < 1.29 is 4.79 Å². The summed E-state index contributed by atoms with van der Waals surface area (Å²) in [6.07, 6.45) is 3.31. The number of isocyanates is 1. The molecule has 0 saturated carbocycles. The topological polar surface area (TPSA) is 42.3 Å². The fourth-order valence-electron chi connectivity index (χ4n) is 1.47. The molecule has 0 fully saturated rings. The van der Waals surface area contributed by atoms with Crippen molar-refractivity contribution in [1.29, 1.82) is 0 Å². The number of fused-ring (bicyclic) bond motifs is 1. The first-order chi connectivity index (χ1) is 7.31. The first-order valence-corrected chi connectivity index (χ1v) is 4.73. The Hall–Kier alpha value is -1.99. The lowest BCUT2D eigenvalue weighted by atomic mass is 10.1. The first-order valence-electron chi connectivity index (χ1n) is 4.73. The fraction of sp³-hybridized carbons (Fsp3) is 0.167. The molecule has 15 heavy (non-hydrogen) atoms. The van der Waals surface area contributed by atoms with Gasteiger partial charge in [0.25, 0.3) is 0 Å². The summed E-state index contributed by atoms with van der Waals surface area (Å²) in [5.41, 5.74) is 1.88. The van der Waals surface area contributed by atoms with E-state index in [1.807, 2.05) is 37.3 Å². The average molecular weight is 198 g/mol. The molecule has 1 unspecified atom stereocenters. The highest BCUT2D eigenvalue weighted by molar-refractivity contribution is 5.78. The van der Waals surface area contributed by atoms with Gasteiger partial charge >= 0.3 is 0 Å². The Morgan fingerprint density at radius 2 is 2.20 bits per heavy atom. The van der Waals surface area contributed by atoms with Crippen molar-refractivity contribution in [2.75, 3.05) is 0 Å². The zero-order valence-electron chi connectivity index (χ0n) is 8.34. The van der Waals surface area contributed by atoms with Gasteiger partial charge in [-0.25, -0.2) is 4.79 Å². The molecule has 2 aromatic rings. The van der Waals surface area contributed by atoms with Crippen molar-refractivity contribution in [2.45, 2.75) is 13.0 Å². The van der Waals surface area contributed by atoms with Crippen LogP contribution >= 0.6 is 0 Å². The van der Waals surface area contributed by atoms with Gasteiger partial charge in [-0.05, 0) is 24.6 Å². The summed E-state index contributed by atoms with van der Waals surface area (Å²) in [6, 6.07) is 9.66. The van der Waals surface area contributed by atoms with Crippen molar-refractivity contribution in [3.63, 3.8) is 0 Å². The third kappa shape index (κ3) is 1.92. The Morgan fingerprint density at radius 1 is 1.40 bits per heavy atom. The molecular formula is C12H10N2O. The van der Waals surface area contributed by atoms with Gasteiger partial charge in [0.2, 0.25) is 6.08 Å². The number of rotatable bonds is 2. The minimum Gasteiger partial charge on any atom is -0.256 e. The van der Waals surface area contributed by atoms with Gasteiger partial charge in [-0.3, -0.25) is 4.98 Å². The van der Waals surface area contributed by atoms with Crippen molar-refractivity contribution >= 4 is 17.0 Å². The number of aliphatic imine (C=N–C) groups is 1. The predicted octanol–water partition coefficient (Wildman–Crippen LogP) is 2.63. The number of hydrogen-bond donors (Lipinski definition) is 0. The first kappa shape index (κ1) is 9.56. The number of pyridine rings is 1. The van der Waals surface area contributed by atoms with E-state index in [1.165, 1.54) is 0 Å². The van der Waals surface area contributed by atoms with Crippen molar-refractivity contribution in [1.82, 2.24) is 4.98 Å². The maximum absolute atomic E-state index is 10.1. The summed E-state index contributed by atoms with van der Waals surface area (Å²) in [6.45, 7) is 1.84. The van der Waals surface area contributed by atoms with Crippen LogP contribution in [0.4, 0.5) is 0 Å². The average Bonchev–Trinajstić information content (AvgIpc) is 2.29. The van der Waals surface area contributed by atoms with Gasteiger partial charge in [0, 0.05) is 11.6 Å². The van der Waals surface area contributed by atoms with Gasteiger partial charge in [-0.1, -0.05) is 18.2 Å². The molecule has 0 N–H and O–H groups in total. The highest BCUT2D eigenvalue weighted by atomic mass is 16.1. The molecule has 2 rings (SSSR count). The molecule has 0 aliphatic heterocycles. The second kappa shape index (κ2) is 4.03. The van der Waals surface area contributed by atoms with Crippen LogP contribution in [0.5, 0.6) is 0 Å². The third-order valence-corrected chi connectivity index (χ3v) is 2.34. The monoisotopic (exact) mass is 198 g/mol. The molecule has 1 atom stereocenters. The summed E-state index contributed by atoms with van der Waals surface area (Å²) in [7, 11) is 0. The minimum atomic E-state index is -0.181.